The predicted molar refractivity (Wildman–Crippen MR) is 254 cm³/mol. The molecule has 12 aromatic rings. The molecule has 0 radical (unpaired) electrons. The lowest BCUT2D eigenvalue weighted by molar-refractivity contribution is 1.07. The van der Waals surface area contributed by atoms with Crippen molar-refractivity contribution in [2.45, 2.75) is 0 Å². The molecule has 0 aliphatic heterocycles. The molecular formula is C54H32N4S2. The number of thiophene rings is 2. The van der Waals surface area contributed by atoms with Crippen molar-refractivity contribution in [1.82, 2.24) is 19.9 Å². The van der Waals surface area contributed by atoms with E-state index in [1.54, 1.807) is 11.3 Å². The first-order chi connectivity index (χ1) is 29.7. The Balaban J connectivity index is 1.01. The van der Waals surface area contributed by atoms with Gasteiger partial charge < -0.3 is 0 Å². The second-order valence-electron chi connectivity index (χ2n) is 15.0. The Hall–Kier alpha value is -7.38. The van der Waals surface area contributed by atoms with Gasteiger partial charge in [-0.1, -0.05) is 164 Å². The van der Waals surface area contributed by atoms with Gasteiger partial charge in [0.25, 0.3) is 0 Å². The van der Waals surface area contributed by atoms with Crippen LogP contribution < -0.4 is 0 Å². The summed E-state index contributed by atoms with van der Waals surface area (Å²) in [5.41, 5.74) is 10.5. The van der Waals surface area contributed by atoms with Crippen LogP contribution >= 0.6 is 22.7 Å². The summed E-state index contributed by atoms with van der Waals surface area (Å²) in [5, 5.41) is 6.24. The minimum atomic E-state index is 0.617. The molecule has 8 aromatic carbocycles. The van der Waals surface area contributed by atoms with E-state index in [2.05, 4.69) is 133 Å². The normalized spacial score (nSPS) is 11.7. The standard InChI is InChI=1S/C54H32N4S2/c1-3-14-33(15-4-1)52-56-53(34-16-5-2-6-17-34)58-54(57-52)39-21-12-20-38(31-39)49-51-48(44-23-8-10-27-47(44)60-51)43-29-28-36(32-45(43)55-49)35-18-11-19-37(30-35)40-24-13-25-42-41-22-7-9-26-46(41)59-50(40)42/h1-32H. The van der Waals surface area contributed by atoms with Gasteiger partial charge >= 0.3 is 0 Å². The molecular weight excluding hydrogens is 769 g/mol. The summed E-state index contributed by atoms with van der Waals surface area (Å²) in [6.45, 7) is 0. The molecule has 0 aliphatic carbocycles. The van der Waals surface area contributed by atoms with Crippen LogP contribution in [0.2, 0.25) is 0 Å². The minimum Gasteiger partial charge on any atom is -0.246 e. The second kappa shape index (κ2) is 14.2. The highest BCUT2D eigenvalue weighted by Gasteiger charge is 2.19. The van der Waals surface area contributed by atoms with Crippen LogP contribution in [-0.2, 0) is 0 Å². The zero-order valence-electron chi connectivity index (χ0n) is 32.1. The van der Waals surface area contributed by atoms with Crippen molar-refractivity contribution in [3.8, 4) is 67.7 Å². The second-order valence-corrected chi connectivity index (χ2v) is 17.1. The molecule has 12 rings (SSSR count). The van der Waals surface area contributed by atoms with Crippen molar-refractivity contribution >= 4 is 73.9 Å². The van der Waals surface area contributed by atoms with Crippen molar-refractivity contribution in [2.24, 2.45) is 0 Å². The van der Waals surface area contributed by atoms with E-state index in [1.165, 1.54) is 46.8 Å². The molecule has 60 heavy (non-hydrogen) atoms. The summed E-state index contributed by atoms with van der Waals surface area (Å²) in [6.07, 6.45) is 0. The van der Waals surface area contributed by atoms with Gasteiger partial charge in [0.1, 0.15) is 0 Å². The summed E-state index contributed by atoms with van der Waals surface area (Å²) in [7, 11) is 0. The van der Waals surface area contributed by atoms with Gasteiger partial charge in [0.15, 0.2) is 17.5 Å². The van der Waals surface area contributed by atoms with Crippen molar-refractivity contribution in [2.75, 3.05) is 0 Å². The summed E-state index contributed by atoms with van der Waals surface area (Å²) in [5.74, 6) is 1.89. The van der Waals surface area contributed by atoms with Crippen LogP contribution in [0.3, 0.4) is 0 Å². The first-order valence-corrected chi connectivity index (χ1v) is 21.6. The molecule has 0 unspecified atom stereocenters. The Kier molecular flexibility index (Phi) is 8.18. The molecule has 0 fully saturated rings. The van der Waals surface area contributed by atoms with Crippen LogP contribution in [0.15, 0.2) is 194 Å². The Morgan fingerprint density at radius 2 is 0.817 bits per heavy atom. The molecule has 0 atom stereocenters. The third-order valence-electron chi connectivity index (χ3n) is 11.3. The van der Waals surface area contributed by atoms with E-state index in [9.17, 15) is 0 Å². The van der Waals surface area contributed by atoms with Gasteiger partial charge in [0, 0.05) is 63.3 Å². The lowest BCUT2D eigenvalue weighted by atomic mass is 9.96. The summed E-state index contributed by atoms with van der Waals surface area (Å²) < 4.78 is 5.04. The van der Waals surface area contributed by atoms with Crippen molar-refractivity contribution in [3.63, 3.8) is 0 Å². The fraction of sp³-hybridized carbons (Fsp3) is 0. The first-order valence-electron chi connectivity index (χ1n) is 20.0. The summed E-state index contributed by atoms with van der Waals surface area (Å²) in [4.78, 5) is 20.5. The van der Waals surface area contributed by atoms with E-state index < -0.39 is 0 Å². The largest absolute Gasteiger partial charge is 0.246 e. The third-order valence-corrected chi connectivity index (χ3v) is 13.7. The zero-order chi connectivity index (χ0) is 39.6. The lowest BCUT2D eigenvalue weighted by Gasteiger charge is -2.12. The molecule has 0 amide bonds. The van der Waals surface area contributed by atoms with Gasteiger partial charge in [-0.15, -0.1) is 22.7 Å². The van der Waals surface area contributed by atoms with E-state index >= 15 is 0 Å². The summed E-state index contributed by atoms with van der Waals surface area (Å²) >= 11 is 3.67. The van der Waals surface area contributed by atoms with Crippen LogP contribution in [-0.4, -0.2) is 19.9 Å². The molecule has 0 saturated carbocycles. The molecule has 4 aromatic heterocycles. The Labute approximate surface area is 353 Å². The van der Waals surface area contributed by atoms with Crippen LogP contribution in [0.4, 0.5) is 0 Å². The number of hydrogen-bond donors (Lipinski definition) is 0. The molecule has 4 nitrogen and oxygen atoms in total. The Morgan fingerprint density at radius 3 is 1.57 bits per heavy atom. The zero-order valence-corrected chi connectivity index (χ0v) is 33.7. The number of rotatable bonds is 6. The monoisotopic (exact) mass is 800 g/mol. The van der Waals surface area contributed by atoms with E-state index in [1.807, 2.05) is 72.0 Å². The fourth-order valence-electron chi connectivity index (χ4n) is 8.45. The Bertz CT molecular complexity index is 3550. The highest BCUT2D eigenvalue weighted by Crippen LogP contribution is 2.45. The van der Waals surface area contributed by atoms with Crippen LogP contribution in [0, 0.1) is 0 Å². The maximum absolute atomic E-state index is 5.52. The fourth-order valence-corrected chi connectivity index (χ4v) is 10.9. The van der Waals surface area contributed by atoms with Gasteiger partial charge in [0.2, 0.25) is 0 Å². The number of nitrogens with zero attached hydrogens (tertiary/aromatic N) is 4. The highest BCUT2D eigenvalue weighted by atomic mass is 32.1. The van der Waals surface area contributed by atoms with Gasteiger partial charge in [-0.2, -0.15) is 0 Å². The number of pyridine rings is 1. The van der Waals surface area contributed by atoms with E-state index in [0.29, 0.717) is 17.5 Å². The molecule has 6 heteroatoms. The predicted octanol–water partition coefficient (Wildman–Crippen LogP) is 15.2. The van der Waals surface area contributed by atoms with Crippen molar-refractivity contribution in [3.05, 3.63) is 194 Å². The van der Waals surface area contributed by atoms with E-state index in [4.69, 9.17) is 19.9 Å². The minimum absolute atomic E-state index is 0.617. The maximum Gasteiger partial charge on any atom is 0.164 e. The highest BCUT2D eigenvalue weighted by molar-refractivity contribution is 7.26. The summed E-state index contributed by atoms with van der Waals surface area (Å²) in [6, 6.07) is 68.5. The van der Waals surface area contributed by atoms with Crippen LogP contribution in [0.1, 0.15) is 0 Å². The maximum atomic E-state index is 5.52. The van der Waals surface area contributed by atoms with E-state index in [-0.39, 0.29) is 0 Å². The molecule has 280 valence electrons. The number of fused-ring (bicyclic) bond motifs is 8. The van der Waals surface area contributed by atoms with E-state index in [0.717, 1.165) is 54.7 Å². The van der Waals surface area contributed by atoms with Gasteiger partial charge in [-0.25, -0.2) is 19.9 Å². The molecule has 0 spiro atoms. The van der Waals surface area contributed by atoms with Crippen molar-refractivity contribution in [1.29, 1.82) is 0 Å². The van der Waals surface area contributed by atoms with Crippen molar-refractivity contribution < 1.29 is 0 Å². The average Bonchev–Trinajstić information content (AvgIpc) is 3.91. The van der Waals surface area contributed by atoms with Gasteiger partial charge in [-0.05, 0) is 52.6 Å². The number of aromatic nitrogens is 4. The molecule has 0 saturated heterocycles. The topological polar surface area (TPSA) is 51.6 Å². The smallest absolute Gasteiger partial charge is 0.164 e. The molecule has 0 bridgehead atoms. The Morgan fingerprint density at radius 1 is 0.300 bits per heavy atom. The molecule has 4 heterocycles. The first kappa shape index (κ1) is 34.6. The lowest BCUT2D eigenvalue weighted by Crippen LogP contribution is -2.00. The SMILES string of the molecule is c1ccc(-c2nc(-c3ccccc3)nc(-c3cccc(-c4nc5cc(-c6cccc(-c7cccc8c7sc7ccccc78)c6)ccc5c5c4sc4ccccc45)c3)n2)cc1. The quantitative estimate of drug-likeness (QED) is 0.168. The molecule has 0 aliphatic rings. The van der Waals surface area contributed by atoms with Gasteiger partial charge in [0.05, 0.1) is 15.9 Å². The third kappa shape index (κ3) is 5.88. The molecule has 0 N–H and O–H groups in total. The van der Waals surface area contributed by atoms with Crippen LogP contribution in [0.5, 0.6) is 0 Å². The number of benzene rings is 8. The average molecular weight is 801 g/mol. The number of hydrogen-bond acceptors (Lipinski definition) is 6. The van der Waals surface area contributed by atoms with Gasteiger partial charge in [-0.3, -0.25) is 0 Å². The van der Waals surface area contributed by atoms with Crippen LogP contribution in [0.25, 0.3) is 119 Å².